The van der Waals surface area contributed by atoms with Crippen molar-refractivity contribution in [2.24, 2.45) is 17.8 Å². The molecule has 0 atom stereocenters. The number of nitrogens with zero attached hydrogens (tertiary/aromatic N) is 1. The fraction of sp³-hybridized carbons (Fsp3) is 0.688. The minimum absolute atomic E-state index is 0.345. The molecule has 0 amide bonds. The van der Waals surface area contributed by atoms with E-state index in [0.29, 0.717) is 5.54 Å². The summed E-state index contributed by atoms with van der Waals surface area (Å²) in [5.74, 6) is 3.98. The Balaban J connectivity index is 1.64. The zero-order valence-electron chi connectivity index (χ0n) is 11.5. The Hall–Kier alpha value is -0.570. The van der Waals surface area contributed by atoms with E-state index in [1.807, 2.05) is 6.20 Å². The third-order valence-electron chi connectivity index (χ3n) is 5.50. The van der Waals surface area contributed by atoms with Crippen LogP contribution in [-0.2, 0) is 0 Å². The number of aromatic nitrogens is 1. The highest BCUT2D eigenvalue weighted by Crippen LogP contribution is 2.56. The lowest BCUT2D eigenvalue weighted by Crippen LogP contribution is -2.54. The predicted molar refractivity (Wildman–Crippen MR) is 81.2 cm³/mol. The van der Waals surface area contributed by atoms with Crippen LogP contribution >= 0.6 is 15.9 Å². The van der Waals surface area contributed by atoms with Gasteiger partial charge < -0.3 is 5.32 Å². The summed E-state index contributed by atoms with van der Waals surface area (Å²) in [5, 5.41) is 3.84. The summed E-state index contributed by atoms with van der Waals surface area (Å²) in [7, 11) is 0. The van der Waals surface area contributed by atoms with E-state index in [0.717, 1.165) is 28.0 Å². The van der Waals surface area contributed by atoms with Crippen molar-refractivity contribution >= 4 is 21.7 Å². The number of nitrogens with one attached hydrogen (secondary N) is 1. The lowest BCUT2D eigenvalue weighted by atomic mass is 9.53. The summed E-state index contributed by atoms with van der Waals surface area (Å²) in [4.78, 5) is 4.56. The first-order valence-electron chi connectivity index (χ1n) is 7.53. The summed E-state index contributed by atoms with van der Waals surface area (Å²) in [6, 6.07) is 2.06. The van der Waals surface area contributed by atoms with Gasteiger partial charge >= 0.3 is 0 Å². The number of halogens is 1. The predicted octanol–water partition coefficient (Wildman–Crippen LogP) is 4.53. The third-order valence-corrected chi connectivity index (χ3v) is 6.51. The van der Waals surface area contributed by atoms with Crippen molar-refractivity contribution in [3.05, 3.63) is 22.3 Å². The summed E-state index contributed by atoms with van der Waals surface area (Å²) < 4.78 is 1.14. The van der Waals surface area contributed by atoms with Crippen LogP contribution in [0.1, 0.15) is 44.1 Å². The van der Waals surface area contributed by atoms with Crippen molar-refractivity contribution in [1.29, 1.82) is 0 Å². The van der Waals surface area contributed by atoms with Gasteiger partial charge in [-0.3, -0.25) is 0 Å². The molecule has 0 aromatic carbocycles. The van der Waals surface area contributed by atoms with Gasteiger partial charge in [-0.2, -0.15) is 0 Å². The van der Waals surface area contributed by atoms with Crippen LogP contribution in [0.3, 0.4) is 0 Å². The van der Waals surface area contributed by atoms with E-state index in [-0.39, 0.29) is 0 Å². The highest BCUT2D eigenvalue weighted by atomic mass is 79.9. The van der Waals surface area contributed by atoms with E-state index in [9.17, 15) is 0 Å². The van der Waals surface area contributed by atoms with E-state index in [1.165, 1.54) is 44.1 Å². The average molecular weight is 321 g/mol. The van der Waals surface area contributed by atoms with Crippen molar-refractivity contribution in [1.82, 2.24) is 4.98 Å². The molecule has 4 saturated carbocycles. The Bertz CT molecular complexity index is 476. The molecule has 2 nitrogen and oxygen atoms in total. The fourth-order valence-electron chi connectivity index (χ4n) is 5.14. The van der Waals surface area contributed by atoms with E-state index in [2.05, 4.69) is 39.2 Å². The van der Waals surface area contributed by atoms with Gasteiger partial charge in [-0.05, 0) is 90.8 Å². The average Bonchev–Trinajstić information content (AvgIpc) is 2.33. The maximum Gasteiger partial charge on any atom is 0.140 e. The van der Waals surface area contributed by atoms with Crippen molar-refractivity contribution < 1.29 is 0 Å². The molecule has 0 aliphatic heterocycles. The van der Waals surface area contributed by atoms with E-state index < -0.39 is 0 Å². The molecular formula is C16H21BrN2. The summed E-state index contributed by atoms with van der Waals surface area (Å²) in [6.45, 7) is 2.14. The number of aryl methyl sites for hydroxylation is 1. The Morgan fingerprint density at radius 1 is 1.16 bits per heavy atom. The number of pyridine rings is 1. The van der Waals surface area contributed by atoms with Gasteiger partial charge in [0.1, 0.15) is 5.82 Å². The Morgan fingerprint density at radius 2 is 1.74 bits per heavy atom. The van der Waals surface area contributed by atoms with Crippen LogP contribution < -0.4 is 5.32 Å². The van der Waals surface area contributed by atoms with Crippen molar-refractivity contribution in [3.8, 4) is 0 Å². The van der Waals surface area contributed by atoms with Gasteiger partial charge in [0.25, 0.3) is 0 Å². The molecule has 4 aliphatic carbocycles. The molecule has 4 bridgehead atoms. The highest BCUT2D eigenvalue weighted by molar-refractivity contribution is 9.10. The smallest absolute Gasteiger partial charge is 0.140 e. The zero-order valence-corrected chi connectivity index (χ0v) is 13.0. The number of hydrogen-bond acceptors (Lipinski definition) is 2. The molecule has 4 fully saturated rings. The van der Waals surface area contributed by atoms with Gasteiger partial charge in [-0.15, -0.1) is 0 Å². The van der Waals surface area contributed by atoms with Crippen LogP contribution in [0.25, 0.3) is 0 Å². The van der Waals surface area contributed by atoms with E-state index in [4.69, 9.17) is 0 Å². The maximum absolute atomic E-state index is 4.56. The van der Waals surface area contributed by atoms with Gasteiger partial charge in [-0.1, -0.05) is 0 Å². The van der Waals surface area contributed by atoms with Crippen LogP contribution in [0.4, 0.5) is 5.82 Å². The quantitative estimate of drug-likeness (QED) is 0.865. The molecule has 5 rings (SSSR count). The van der Waals surface area contributed by atoms with Crippen molar-refractivity contribution in [2.45, 2.75) is 51.0 Å². The van der Waals surface area contributed by atoms with Crippen LogP contribution in [0.5, 0.6) is 0 Å². The first-order valence-corrected chi connectivity index (χ1v) is 8.32. The second kappa shape index (κ2) is 4.21. The van der Waals surface area contributed by atoms with Gasteiger partial charge in [0.05, 0.1) is 4.47 Å². The topological polar surface area (TPSA) is 24.9 Å². The standard InChI is InChI=1S/C16H21BrN2/c1-10-2-3-18-15(14(10)17)19-16-7-11-4-12(8-16)6-13(5-11)9-16/h2-3,11-13H,4-9H2,1H3,(H,18,19). The number of hydrogen-bond donors (Lipinski definition) is 1. The largest absolute Gasteiger partial charge is 0.364 e. The van der Waals surface area contributed by atoms with E-state index >= 15 is 0 Å². The number of anilines is 1. The molecule has 0 unspecified atom stereocenters. The van der Waals surface area contributed by atoms with Crippen LogP contribution in [0.15, 0.2) is 16.7 Å². The molecule has 19 heavy (non-hydrogen) atoms. The molecule has 1 aromatic heterocycles. The molecular weight excluding hydrogens is 300 g/mol. The molecule has 1 heterocycles. The minimum Gasteiger partial charge on any atom is -0.364 e. The van der Waals surface area contributed by atoms with Crippen molar-refractivity contribution in [2.75, 3.05) is 5.32 Å². The summed E-state index contributed by atoms with van der Waals surface area (Å²) >= 11 is 3.69. The van der Waals surface area contributed by atoms with Crippen molar-refractivity contribution in [3.63, 3.8) is 0 Å². The lowest BCUT2D eigenvalue weighted by Gasteiger charge is -2.57. The minimum atomic E-state index is 0.345. The molecule has 4 aliphatic rings. The maximum atomic E-state index is 4.56. The van der Waals surface area contributed by atoms with Gasteiger partial charge in [0, 0.05) is 11.7 Å². The Morgan fingerprint density at radius 3 is 2.32 bits per heavy atom. The van der Waals surface area contributed by atoms with E-state index in [1.54, 1.807) is 0 Å². The van der Waals surface area contributed by atoms with Crippen LogP contribution in [-0.4, -0.2) is 10.5 Å². The third kappa shape index (κ3) is 2.01. The van der Waals surface area contributed by atoms with Crippen LogP contribution in [0, 0.1) is 24.7 Å². The molecule has 3 heteroatoms. The first kappa shape index (κ1) is 12.2. The zero-order chi connectivity index (χ0) is 13.0. The molecule has 0 saturated heterocycles. The molecule has 0 spiro atoms. The van der Waals surface area contributed by atoms with Gasteiger partial charge in [0.15, 0.2) is 0 Å². The summed E-state index contributed by atoms with van der Waals surface area (Å²) in [5.41, 5.74) is 1.61. The SMILES string of the molecule is Cc1ccnc(NC23CC4CC(CC(C4)C2)C3)c1Br. The molecule has 1 N–H and O–H groups in total. The summed E-state index contributed by atoms with van der Waals surface area (Å²) in [6.07, 6.45) is 10.5. The number of rotatable bonds is 2. The second-order valence-electron chi connectivity index (χ2n) is 7.11. The normalized spacial score (nSPS) is 39.6. The fourth-order valence-corrected chi connectivity index (χ4v) is 5.48. The first-order chi connectivity index (χ1) is 9.13. The monoisotopic (exact) mass is 320 g/mol. The van der Waals surface area contributed by atoms with Gasteiger partial charge in [-0.25, -0.2) is 4.98 Å². The van der Waals surface area contributed by atoms with Crippen LogP contribution in [0.2, 0.25) is 0 Å². The Kier molecular flexibility index (Phi) is 2.70. The molecule has 0 radical (unpaired) electrons. The Labute approximate surface area is 123 Å². The lowest BCUT2D eigenvalue weighted by molar-refractivity contribution is 0.0105. The van der Waals surface area contributed by atoms with Gasteiger partial charge in [0.2, 0.25) is 0 Å². The molecule has 1 aromatic rings. The highest BCUT2D eigenvalue weighted by Gasteiger charge is 2.51. The second-order valence-corrected chi connectivity index (χ2v) is 7.91. The molecule has 102 valence electrons.